The molecule has 1 aromatic heterocycles. The molecule has 0 radical (unpaired) electrons. The topological polar surface area (TPSA) is 27.1 Å². The number of aryl methyl sites for hydroxylation is 2. The molecule has 0 spiro atoms. The number of hydrogen-bond acceptors (Lipinski definition) is 2. The molecule has 0 unspecified atom stereocenters. The van der Waals surface area contributed by atoms with Crippen LogP contribution < -0.4 is 4.74 Å². The van der Waals surface area contributed by atoms with Crippen molar-refractivity contribution in [2.75, 3.05) is 0 Å². The van der Waals surface area contributed by atoms with Gasteiger partial charge in [0, 0.05) is 11.0 Å². The molecule has 0 saturated heterocycles. The highest BCUT2D eigenvalue weighted by atomic mass is 79.9. The van der Waals surface area contributed by atoms with Crippen LogP contribution in [0.2, 0.25) is 0 Å². The molecule has 102 valence electrons. The van der Waals surface area contributed by atoms with Gasteiger partial charge in [0.15, 0.2) is 0 Å². The van der Waals surface area contributed by atoms with Crippen molar-refractivity contribution in [2.45, 2.75) is 33.4 Å². The fourth-order valence-electron chi connectivity index (χ4n) is 1.86. The summed E-state index contributed by atoms with van der Waals surface area (Å²) in [6.45, 7) is 5.54. The number of ether oxygens (including phenoxy) is 1. The molecule has 0 aliphatic carbocycles. The van der Waals surface area contributed by atoms with E-state index in [1.165, 1.54) is 0 Å². The minimum Gasteiger partial charge on any atom is -0.487 e. The van der Waals surface area contributed by atoms with Gasteiger partial charge in [-0.15, -0.1) is 0 Å². The third-order valence-electron chi connectivity index (χ3n) is 2.87. The van der Waals surface area contributed by atoms with Crippen molar-refractivity contribution in [3.8, 4) is 5.75 Å². The molecule has 0 aliphatic rings. The van der Waals surface area contributed by atoms with Crippen LogP contribution in [-0.4, -0.2) is 9.78 Å². The van der Waals surface area contributed by atoms with Gasteiger partial charge in [-0.05, 0) is 47.5 Å². The molecule has 0 bridgehead atoms. The normalized spacial score (nSPS) is 10.7. The summed E-state index contributed by atoms with van der Waals surface area (Å²) in [5.41, 5.74) is 2.16. The molecule has 1 aromatic carbocycles. The highest BCUT2D eigenvalue weighted by molar-refractivity contribution is 9.10. The number of nitrogens with zero attached hydrogens (tertiary/aromatic N) is 2. The summed E-state index contributed by atoms with van der Waals surface area (Å²) in [6, 6.07) is 7.85. The van der Waals surface area contributed by atoms with Gasteiger partial charge in [-0.1, -0.05) is 28.9 Å². The van der Waals surface area contributed by atoms with Crippen molar-refractivity contribution >= 4 is 31.9 Å². The van der Waals surface area contributed by atoms with E-state index in [1.54, 1.807) is 0 Å². The van der Waals surface area contributed by atoms with Gasteiger partial charge in [0.25, 0.3) is 0 Å². The second-order valence-corrected chi connectivity index (χ2v) is 5.83. The zero-order chi connectivity index (χ0) is 13.8. The second kappa shape index (κ2) is 6.57. The Morgan fingerprint density at radius 1 is 1.26 bits per heavy atom. The van der Waals surface area contributed by atoms with E-state index in [2.05, 4.69) is 50.8 Å². The first-order valence-electron chi connectivity index (χ1n) is 6.28. The van der Waals surface area contributed by atoms with E-state index >= 15 is 0 Å². The molecule has 0 atom stereocenters. The maximum atomic E-state index is 5.83. The first-order valence-corrected chi connectivity index (χ1v) is 7.86. The van der Waals surface area contributed by atoms with Crippen molar-refractivity contribution < 1.29 is 4.74 Å². The Balaban J connectivity index is 2.17. The van der Waals surface area contributed by atoms with E-state index in [4.69, 9.17) is 4.74 Å². The highest BCUT2D eigenvalue weighted by Gasteiger charge is 2.14. The Bertz CT molecular complexity index is 567. The van der Waals surface area contributed by atoms with Crippen molar-refractivity contribution in [3.63, 3.8) is 0 Å². The lowest BCUT2D eigenvalue weighted by Gasteiger charge is -2.08. The van der Waals surface area contributed by atoms with Gasteiger partial charge in [0.05, 0.1) is 15.9 Å². The molecule has 0 aliphatic heterocycles. The molecule has 0 fully saturated rings. The van der Waals surface area contributed by atoms with Crippen LogP contribution >= 0.6 is 31.9 Å². The van der Waals surface area contributed by atoms with Crippen LogP contribution in [0.3, 0.4) is 0 Å². The van der Waals surface area contributed by atoms with Crippen LogP contribution in [0.4, 0.5) is 0 Å². The Morgan fingerprint density at radius 2 is 2.05 bits per heavy atom. The van der Waals surface area contributed by atoms with E-state index in [9.17, 15) is 0 Å². The number of hydrogen-bond donors (Lipinski definition) is 0. The van der Waals surface area contributed by atoms with Gasteiger partial charge in [0.2, 0.25) is 0 Å². The summed E-state index contributed by atoms with van der Waals surface area (Å²) < 4.78 is 9.90. The first kappa shape index (κ1) is 14.6. The molecular formula is C14H16Br2N2O. The lowest BCUT2D eigenvalue weighted by atomic mass is 10.3. The van der Waals surface area contributed by atoms with E-state index in [0.717, 1.165) is 39.0 Å². The summed E-state index contributed by atoms with van der Waals surface area (Å²) in [7, 11) is 0. The quantitative estimate of drug-likeness (QED) is 0.751. The van der Waals surface area contributed by atoms with Gasteiger partial charge in [0.1, 0.15) is 12.4 Å². The van der Waals surface area contributed by atoms with Crippen molar-refractivity contribution in [2.24, 2.45) is 0 Å². The molecule has 0 N–H and O–H groups in total. The zero-order valence-electron chi connectivity index (χ0n) is 11.0. The van der Waals surface area contributed by atoms with E-state index in [0.29, 0.717) is 6.61 Å². The van der Waals surface area contributed by atoms with Crippen LogP contribution in [0.15, 0.2) is 33.2 Å². The van der Waals surface area contributed by atoms with Crippen LogP contribution in [0.5, 0.6) is 5.75 Å². The Kier molecular flexibility index (Phi) is 5.05. The van der Waals surface area contributed by atoms with Gasteiger partial charge in [-0.3, -0.25) is 4.68 Å². The number of aromatic nitrogens is 2. The maximum absolute atomic E-state index is 5.83. The molecular weight excluding hydrogens is 372 g/mol. The largest absolute Gasteiger partial charge is 0.487 e. The zero-order valence-corrected chi connectivity index (χ0v) is 14.2. The van der Waals surface area contributed by atoms with Crippen LogP contribution in [-0.2, 0) is 19.6 Å². The molecule has 1 heterocycles. The summed E-state index contributed by atoms with van der Waals surface area (Å²) >= 11 is 7.06. The Labute approximate surface area is 130 Å². The first-order chi connectivity index (χ1) is 9.15. The molecule has 3 nitrogen and oxygen atoms in total. The molecule has 2 rings (SSSR count). The lowest BCUT2D eigenvalue weighted by Crippen LogP contribution is -2.06. The highest BCUT2D eigenvalue weighted by Crippen LogP contribution is 2.25. The third kappa shape index (κ3) is 3.39. The van der Waals surface area contributed by atoms with Gasteiger partial charge < -0.3 is 4.74 Å². The lowest BCUT2D eigenvalue weighted by molar-refractivity contribution is 0.291. The van der Waals surface area contributed by atoms with E-state index in [-0.39, 0.29) is 0 Å². The second-order valence-electron chi connectivity index (χ2n) is 4.12. The molecule has 2 aromatic rings. The fraction of sp³-hybridized carbons (Fsp3) is 0.357. The van der Waals surface area contributed by atoms with E-state index < -0.39 is 0 Å². The number of halogens is 2. The Hall–Kier alpha value is -0.810. The summed E-state index contributed by atoms with van der Waals surface area (Å²) in [4.78, 5) is 0. The van der Waals surface area contributed by atoms with Gasteiger partial charge in [-0.25, -0.2) is 0 Å². The predicted octanol–water partition coefficient (Wildman–Crippen LogP) is 4.57. The summed E-state index contributed by atoms with van der Waals surface area (Å²) in [5.74, 6) is 0.850. The minimum atomic E-state index is 0.512. The fourth-order valence-corrected chi connectivity index (χ4v) is 2.92. The van der Waals surface area contributed by atoms with Crippen molar-refractivity contribution in [1.29, 1.82) is 0 Å². The van der Waals surface area contributed by atoms with Gasteiger partial charge in [-0.2, -0.15) is 5.10 Å². The molecule has 19 heavy (non-hydrogen) atoms. The molecule has 0 amide bonds. The third-order valence-corrected chi connectivity index (χ3v) is 4.27. The number of rotatable bonds is 5. The summed E-state index contributed by atoms with van der Waals surface area (Å²) in [6.07, 6.45) is 0.914. The molecule has 0 saturated carbocycles. The van der Waals surface area contributed by atoms with Crippen LogP contribution in [0, 0.1) is 0 Å². The van der Waals surface area contributed by atoms with Crippen molar-refractivity contribution in [3.05, 3.63) is 44.6 Å². The van der Waals surface area contributed by atoms with Gasteiger partial charge >= 0.3 is 0 Å². The summed E-state index contributed by atoms with van der Waals surface area (Å²) in [5, 5.41) is 4.56. The average Bonchev–Trinajstić information content (AvgIpc) is 2.72. The monoisotopic (exact) mass is 386 g/mol. The predicted molar refractivity (Wildman–Crippen MR) is 83.5 cm³/mol. The molecule has 5 heteroatoms. The van der Waals surface area contributed by atoms with Crippen molar-refractivity contribution in [1.82, 2.24) is 9.78 Å². The smallest absolute Gasteiger partial charge is 0.131 e. The Morgan fingerprint density at radius 3 is 2.68 bits per heavy atom. The minimum absolute atomic E-state index is 0.512. The number of benzene rings is 1. The van der Waals surface area contributed by atoms with Crippen LogP contribution in [0.25, 0.3) is 0 Å². The average molecular weight is 388 g/mol. The maximum Gasteiger partial charge on any atom is 0.131 e. The standard InChI is InChI=1S/C14H16Br2N2O/c1-3-12-14(16)13(18(4-2)17-12)9-19-11-7-5-6-10(15)8-11/h5-8H,3-4,9H2,1-2H3. The van der Waals surface area contributed by atoms with E-state index in [1.807, 2.05) is 28.9 Å². The SMILES string of the molecule is CCc1nn(CC)c(COc2cccc(Br)c2)c1Br. The van der Waals surface area contributed by atoms with Crippen LogP contribution in [0.1, 0.15) is 25.2 Å².